The molecular weight excluding hydrogens is 876 g/mol. The van der Waals surface area contributed by atoms with Crippen molar-refractivity contribution in [1.82, 2.24) is 36.1 Å². The van der Waals surface area contributed by atoms with E-state index in [9.17, 15) is 43.5 Å². The van der Waals surface area contributed by atoms with Crippen LogP contribution in [0.3, 0.4) is 0 Å². The molecule has 1 fully saturated rings. The predicted octanol–water partition coefficient (Wildman–Crippen LogP) is 0.555. The molecule has 21 heteroatoms. The van der Waals surface area contributed by atoms with Gasteiger partial charge in [0.15, 0.2) is 12.2 Å². The number of amides is 6. The third-order valence-corrected chi connectivity index (χ3v) is 12.7. The van der Waals surface area contributed by atoms with Crippen LogP contribution in [0.15, 0.2) is 47.3 Å². The van der Waals surface area contributed by atoms with Crippen molar-refractivity contribution in [3.8, 4) is 11.4 Å². The van der Waals surface area contributed by atoms with Gasteiger partial charge in [-0.3, -0.25) is 28.8 Å². The van der Waals surface area contributed by atoms with Crippen LogP contribution in [-0.4, -0.2) is 94.8 Å². The zero-order valence-electron chi connectivity index (χ0n) is 36.6. The normalized spacial score (nSPS) is 18.6. The van der Waals surface area contributed by atoms with E-state index in [1.54, 1.807) is 50.2 Å². The number of carbonyl (C=O) groups excluding carboxylic acids is 7. The number of primary amides is 1. The van der Waals surface area contributed by atoms with E-state index < -0.39 is 96.5 Å². The highest BCUT2D eigenvalue weighted by Crippen LogP contribution is 2.46. The summed E-state index contributed by atoms with van der Waals surface area (Å²) in [4.78, 5) is 107. The van der Waals surface area contributed by atoms with Gasteiger partial charge in [-0.15, -0.1) is 0 Å². The third-order valence-electron chi connectivity index (χ3n) is 12.7. The molecule has 0 saturated heterocycles. The lowest BCUT2D eigenvalue weighted by atomic mass is 9.81. The van der Waals surface area contributed by atoms with Gasteiger partial charge in [0.2, 0.25) is 23.6 Å². The highest BCUT2D eigenvalue weighted by atomic mass is 19.1. The van der Waals surface area contributed by atoms with Crippen molar-refractivity contribution in [3.63, 3.8) is 0 Å². The van der Waals surface area contributed by atoms with Crippen LogP contribution in [-0.2, 0) is 74.6 Å². The molecule has 4 heterocycles. The highest BCUT2D eigenvalue weighted by molar-refractivity contribution is 5.95. The van der Waals surface area contributed by atoms with Gasteiger partial charge < -0.3 is 56.2 Å². The Morgan fingerprint density at radius 2 is 1.72 bits per heavy atom. The van der Waals surface area contributed by atoms with Crippen LogP contribution in [0.25, 0.3) is 22.3 Å². The smallest absolute Gasteiger partial charge is 0.405 e. The van der Waals surface area contributed by atoms with Crippen LogP contribution in [0, 0.1) is 18.7 Å². The first-order valence-corrected chi connectivity index (χ1v) is 21.9. The Balaban J connectivity index is 0.938. The van der Waals surface area contributed by atoms with Gasteiger partial charge in [-0.1, -0.05) is 37.3 Å². The van der Waals surface area contributed by atoms with Crippen molar-refractivity contribution in [1.29, 1.82) is 0 Å². The zero-order valence-corrected chi connectivity index (χ0v) is 36.6. The van der Waals surface area contributed by atoms with Gasteiger partial charge in [-0.25, -0.2) is 19.0 Å². The van der Waals surface area contributed by atoms with E-state index in [2.05, 4.69) is 31.3 Å². The standard InChI is InChI=1S/C46H49FN8O12/c1-3-46(64)28-14-33-39-26(18-55(33)43(61)27(28)19-65-44(46)62)38-30(12-11-25-22(2)29(47)15-31(53-39)37(25)38)54-42(60)40(24-9-10-24)67-21-51-34(56)16-50-41(59)32(13-23-7-5-4-6-8-23)52-35(57)17-49-36(58)20-66-45(48)63/h4-8,14-15,24,30,32,40,64H,3,9-13,16-21H2,1-2H3,(H2,48,63)(H,49,58)(H,50,59)(H,51,56)(H,52,57)(H,54,60)/t30-,32?,40?,46-/m0/s1. The van der Waals surface area contributed by atoms with Crippen LogP contribution in [0.2, 0.25) is 0 Å². The first kappa shape index (κ1) is 46.3. The molecule has 1 saturated carbocycles. The number of hydrogen-bond acceptors (Lipinski definition) is 13. The van der Waals surface area contributed by atoms with E-state index in [1.165, 1.54) is 10.6 Å². The summed E-state index contributed by atoms with van der Waals surface area (Å²) in [5.41, 5.74) is 6.87. The van der Waals surface area contributed by atoms with Gasteiger partial charge in [-0.2, -0.15) is 0 Å². The Morgan fingerprint density at radius 3 is 2.43 bits per heavy atom. The minimum Gasteiger partial charge on any atom is -0.458 e. The Labute approximate surface area is 381 Å². The summed E-state index contributed by atoms with van der Waals surface area (Å²) in [7, 11) is 0. The van der Waals surface area contributed by atoms with Crippen molar-refractivity contribution in [3.05, 3.63) is 97.6 Å². The SMILES string of the molecule is CC[C@@]1(O)C(=O)OCc2c1cc1n(c2=O)Cc2c-1nc1cc(F)c(C)c3c1c2[C@@H](NC(=O)C(OCNC(=O)CNC(=O)C(Cc1ccccc1)NC(=O)CNC(=O)COC(N)=O)C1CC1)CC3. The number of nitrogens with one attached hydrogen (secondary N) is 5. The van der Waals surface area contributed by atoms with Crippen molar-refractivity contribution in [2.24, 2.45) is 11.7 Å². The van der Waals surface area contributed by atoms with Crippen molar-refractivity contribution in [2.75, 3.05) is 26.4 Å². The summed E-state index contributed by atoms with van der Waals surface area (Å²) in [6.45, 7) is 0.915. The number of nitrogens with zero attached hydrogens (tertiary/aromatic N) is 2. The van der Waals surface area contributed by atoms with E-state index in [1.807, 2.05) is 0 Å². The molecule has 8 rings (SSSR count). The van der Waals surface area contributed by atoms with Crippen LogP contribution in [0.5, 0.6) is 0 Å². The van der Waals surface area contributed by atoms with E-state index in [0.717, 1.165) is 5.56 Å². The predicted molar refractivity (Wildman–Crippen MR) is 233 cm³/mol. The van der Waals surface area contributed by atoms with Gasteiger partial charge >= 0.3 is 12.1 Å². The number of aromatic nitrogens is 2. The molecule has 4 atom stereocenters. The Morgan fingerprint density at radius 1 is 0.970 bits per heavy atom. The van der Waals surface area contributed by atoms with Crippen LogP contribution >= 0.6 is 0 Å². The molecule has 2 aromatic carbocycles. The molecule has 4 aliphatic rings. The summed E-state index contributed by atoms with van der Waals surface area (Å²) < 4.78 is 32.5. The molecule has 8 N–H and O–H groups in total. The number of aryl methyl sites for hydroxylation is 1. The lowest BCUT2D eigenvalue weighted by Gasteiger charge is -2.31. The van der Waals surface area contributed by atoms with Crippen LogP contribution in [0.4, 0.5) is 9.18 Å². The second-order valence-corrected chi connectivity index (χ2v) is 17.0. The summed E-state index contributed by atoms with van der Waals surface area (Å²) in [5.74, 6) is -4.79. The number of benzene rings is 2. The topological polar surface area (TPSA) is 288 Å². The quantitative estimate of drug-likeness (QED) is 0.0496. The Kier molecular flexibility index (Phi) is 13.1. The third kappa shape index (κ3) is 9.41. The first-order valence-electron chi connectivity index (χ1n) is 21.9. The highest BCUT2D eigenvalue weighted by Gasteiger charge is 2.46. The molecule has 352 valence electrons. The minimum absolute atomic E-state index is 0.0425. The van der Waals surface area contributed by atoms with Gasteiger partial charge in [0, 0.05) is 29.0 Å². The lowest BCUT2D eigenvalue weighted by molar-refractivity contribution is -0.172. The van der Waals surface area contributed by atoms with Gasteiger partial charge in [0.05, 0.1) is 48.1 Å². The number of nitrogens with two attached hydrogens (primary N) is 1. The van der Waals surface area contributed by atoms with Crippen LogP contribution in [0.1, 0.15) is 77.6 Å². The van der Waals surface area contributed by atoms with E-state index in [-0.39, 0.29) is 49.8 Å². The molecule has 2 aliphatic carbocycles. The molecule has 4 aromatic rings. The number of aliphatic hydroxyl groups is 1. The molecule has 2 unspecified atom stereocenters. The van der Waals surface area contributed by atoms with Gasteiger partial charge in [0.1, 0.15) is 31.3 Å². The number of halogens is 1. The second-order valence-electron chi connectivity index (χ2n) is 17.0. The summed E-state index contributed by atoms with van der Waals surface area (Å²) >= 11 is 0. The molecule has 0 radical (unpaired) electrons. The number of rotatable bonds is 17. The van der Waals surface area contributed by atoms with Gasteiger partial charge in [-0.05, 0) is 73.3 Å². The second kappa shape index (κ2) is 18.9. The monoisotopic (exact) mass is 924 g/mol. The maximum atomic E-state index is 15.4. The molecule has 2 aromatic heterocycles. The number of cyclic esters (lactones) is 1. The summed E-state index contributed by atoms with van der Waals surface area (Å²) in [6.07, 6.45) is 0.0564. The number of carbonyl (C=O) groups is 7. The molecule has 20 nitrogen and oxygen atoms in total. The number of hydrogen-bond donors (Lipinski definition) is 7. The van der Waals surface area contributed by atoms with Gasteiger partial charge in [0.25, 0.3) is 11.5 Å². The van der Waals surface area contributed by atoms with E-state index in [4.69, 9.17) is 20.2 Å². The number of pyridine rings is 2. The van der Waals surface area contributed by atoms with Crippen LogP contribution < -0.4 is 37.9 Å². The fourth-order valence-corrected chi connectivity index (χ4v) is 9.01. The fourth-order valence-electron chi connectivity index (χ4n) is 9.01. The zero-order chi connectivity index (χ0) is 47.7. The maximum Gasteiger partial charge on any atom is 0.405 e. The Hall–Kier alpha value is -7.26. The average Bonchev–Trinajstić information content (AvgIpc) is 4.09. The fraction of sp³-hybridized carbons (Fsp3) is 0.413. The molecule has 6 amide bonds. The molecular formula is C46H49FN8O12. The number of ether oxygens (including phenoxy) is 3. The number of fused-ring (bicyclic) bond motifs is 5. The van der Waals surface area contributed by atoms with Crippen molar-refractivity contribution < 1.29 is 57.3 Å². The van der Waals surface area contributed by atoms with E-state index in [0.29, 0.717) is 70.2 Å². The summed E-state index contributed by atoms with van der Waals surface area (Å²) in [6, 6.07) is 9.90. The Bertz CT molecular complexity index is 2780. The van der Waals surface area contributed by atoms with Crippen molar-refractivity contribution >= 4 is 52.5 Å². The number of esters is 1. The lowest BCUT2D eigenvalue weighted by Crippen LogP contribution is -2.52. The first-order chi connectivity index (χ1) is 32.1. The molecule has 2 aliphatic heterocycles. The van der Waals surface area contributed by atoms with E-state index >= 15 is 4.39 Å². The largest absolute Gasteiger partial charge is 0.458 e. The maximum absolute atomic E-state index is 15.4. The average molecular weight is 925 g/mol. The molecule has 0 spiro atoms. The van der Waals surface area contributed by atoms with Crippen molar-refractivity contribution in [2.45, 2.75) is 89.3 Å². The summed E-state index contributed by atoms with van der Waals surface area (Å²) in [5, 5.41) is 25.0. The molecule has 0 bridgehead atoms. The minimum atomic E-state index is -2.05. The molecule has 67 heavy (non-hydrogen) atoms.